The van der Waals surface area contributed by atoms with Crippen LogP contribution in [-0.2, 0) is 6.54 Å². The van der Waals surface area contributed by atoms with Gasteiger partial charge in [0.05, 0.1) is 18.0 Å². The molecule has 0 saturated carbocycles. The van der Waals surface area contributed by atoms with Crippen LogP contribution >= 0.6 is 0 Å². The van der Waals surface area contributed by atoms with E-state index in [1.165, 1.54) is 10.9 Å². The monoisotopic (exact) mass is 329 g/mol. The van der Waals surface area contributed by atoms with Gasteiger partial charge in [-0.15, -0.1) is 0 Å². The standard InChI is InChI=1S/C21H19N3O/c1-15-6-8-16(9-7-15)22-23-17-10-11-21-19(14-17)18-4-2-3-5-20(18)24(21)12-13-25/h2-11,14,25H,12-13H2,1H3/b23-22-. The number of aliphatic hydroxyl groups excluding tert-OH is 1. The van der Waals surface area contributed by atoms with E-state index in [1.807, 2.05) is 42.5 Å². The minimum absolute atomic E-state index is 0.114. The number of aryl methyl sites for hydroxylation is 1. The maximum Gasteiger partial charge on any atom is 0.0864 e. The average molecular weight is 329 g/mol. The van der Waals surface area contributed by atoms with Gasteiger partial charge in [-0.3, -0.25) is 0 Å². The Hall–Kier alpha value is -2.98. The molecule has 0 aliphatic carbocycles. The highest BCUT2D eigenvalue weighted by atomic mass is 16.3. The fraction of sp³-hybridized carbons (Fsp3) is 0.143. The lowest BCUT2D eigenvalue weighted by molar-refractivity contribution is 0.280. The third kappa shape index (κ3) is 2.92. The van der Waals surface area contributed by atoms with Crippen molar-refractivity contribution in [3.8, 4) is 0 Å². The fourth-order valence-electron chi connectivity index (χ4n) is 3.17. The molecular formula is C21H19N3O. The molecule has 0 saturated heterocycles. The molecule has 1 heterocycles. The highest BCUT2D eigenvalue weighted by Gasteiger charge is 2.10. The van der Waals surface area contributed by atoms with E-state index in [0.717, 1.165) is 27.8 Å². The van der Waals surface area contributed by atoms with Gasteiger partial charge in [-0.2, -0.15) is 10.2 Å². The first kappa shape index (κ1) is 15.5. The Morgan fingerprint density at radius 3 is 2.28 bits per heavy atom. The number of para-hydroxylation sites is 1. The molecule has 1 N–H and O–H groups in total. The number of fused-ring (bicyclic) bond motifs is 3. The molecule has 4 aromatic rings. The summed E-state index contributed by atoms with van der Waals surface area (Å²) in [7, 11) is 0. The van der Waals surface area contributed by atoms with Crippen molar-refractivity contribution in [2.45, 2.75) is 13.5 Å². The predicted octanol–water partition coefficient (Wildman–Crippen LogP) is 5.51. The van der Waals surface area contributed by atoms with Crippen LogP contribution in [0.3, 0.4) is 0 Å². The van der Waals surface area contributed by atoms with Gasteiger partial charge in [-0.25, -0.2) is 0 Å². The van der Waals surface area contributed by atoms with Crippen LogP contribution in [0.15, 0.2) is 77.0 Å². The summed E-state index contributed by atoms with van der Waals surface area (Å²) in [6, 6.07) is 22.3. The van der Waals surface area contributed by atoms with Crippen molar-refractivity contribution >= 4 is 33.2 Å². The van der Waals surface area contributed by atoms with Gasteiger partial charge in [-0.1, -0.05) is 35.9 Å². The Morgan fingerprint density at radius 2 is 1.48 bits per heavy atom. The first-order valence-corrected chi connectivity index (χ1v) is 8.36. The molecule has 1 aromatic heterocycles. The van der Waals surface area contributed by atoms with E-state index < -0.39 is 0 Å². The molecule has 0 spiro atoms. The fourth-order valence-corrected chi connectivity index (χ4v) is 3.17. The van der Waals surface area contributed by atoms with E-state index in [2.05, 4.69) is 46.0 Å². The highest BCUT2D eigenvalue weighted by Crippen LogP contribution is 2.32. The van der Waals surface area contributed by atoms with E-state index in [1.54, 1.807) is 0 Å². The predicted molar refractivity (Wildman–Crippen MR) is 102 cm³/mol. The summed E-state index contributed by atoms with van der Waals surface area (Å²) in [6.07, 6.45) is 0. The number of rotatable bonds is 4. The number of hydrogen-bond acceptors (Lipinski definition) is 3. The van der Waals surface area contributed by atoms with Crippen LogP contribution in [-0.4, -0.2) is 16.3 Å². The van der Waals surface area contributed by atoms with Crippen LogP contribution in [0.25, 0.3) is 21.8 Å². The van der Waals surface area contributed by atoms with Crippen LogP contribution in [0.2, 0.25) is 0 Å². The van der Waals surface area contributed by atoms with Gasteiger partial charge in [-0.05, 0) is 43.3 Å². The first-order chi connectivity index (χ1) is 12.3. The molecule has 0 fully saturated rings. The Balaban J connectivity index is 1.79. The van der Waals surface area contributed by atoms with Gasteiger partial charge in [0.1, 0.15) is 0 Å². The average Bonchev–Trinajstić information content (AvgIpc) is 2.95. The normalized spacial score (nSPS) is 11.8. The molecule has 4 heteroatoms. The van der Waals surface area contributed by atoms with E-state index in [9.17, 15) is 5.11 Å². The zero-order valence-corrected chi connectivity index (χ0v) is 14.1. The second kappa shape index (κ2) is 6.49. The summed E-state index contributed by atoms with van der Waals surface area (Å²) in [5, 5.41) is 20.4. The van der Waals surface area contributed by atoms with Crippen molar-refractivity contribution in [2.24, 2.45) is 10.2 Å². The summed E-state index contributed by atoms with van der Waals surface area (Å²) < 4.78 is 2.14. The summed E-state index contributed by atoms with van der Waals surface area (Å²) in [5.74, 6) is 0. The summed E-state index contributed by atoms with van der Waals surface area (Å²) >= 11 is 0. The topological polar surface area (TPSA) is 49.9 Å². The van der Waals surface area contributed by atoms with E-state index >= 15 is 0 Å². The lowest BCUT2D eigenvalue weighted by Crippen LogP contribution is -2.00. The lowest BCUT2D eigenvalue weighted by atomic mass is 10.1. The maximum atomic E-state index is 9.39. The lowest BCUT2D eigenvalue weighted by Gasteiger charge is -2.04. The third-order valence-electron chi connectivity index (χ3n) is 4.39. The number of benzene rings is 3. The molecule has 4 nitrogen and oxygen atoms in total. The molecule has 0 radical (unpaired) electrons. The molecule has 4 rings (SSSR count). The van der Waals surface area contributed by atoms with E-state index in [4.69, 9.17) is 0 Å². The van der Waals surface area contributed by atoms with Crippen molar-refractivity contribution in [3.05, 3.63) is 72.3 Å². The first-order valence-electron chi connectivity index (χ1n) is 8.36. The van der Waals surface area contributed by atoms with Crippen LogP contribution in [0, 0.1) is 6.92 Å². The quantitative estimate of drug-likeness (QED) is 0.493. The number of aromatic nitrogens is 1. The number of aliphatic hydroxyl groups is 1. The van der Waals surface area contributed by atoms with Gasteiger partial charge < -0.3 is 9.67 Å². The molecule has 0 amide bonds. The Bertz CT molecular complexity index is 1060. The molecule has 25 heavy (non-hydrogen) atoms. The molecule has 0 aliphatic heterocycles. The minimum atomic E-state index is 0.114. The maximum absolute atomic E-state index is 9.39. The highest BCUT2D eigenvalue weighted by molar-refractivity contribution is 6.08. The zero-order valence-electron chi connectivity index (χ0n) is 14.1. The number of azo groups is 1. The molecule has 0 atom stereocenters. The molecule has 124 valence electrons. The number of nitrogens with zero attached hydrogens (tertiary/aromatic N) is 3. The van der Waals surface area contributed by atoms with Gasteiger partial charge in [0.25, 0.3) is 0 Å². The summed E-state index contributed by atoms with van der Waals surface area (Å²) in [4.78, 5) is 0. The smallest absolute Gasteiger partial charge is 0.0864 e. The second-order valence-electron chi connectivity index (χ2n) is 6.13. The molecule has 0 unspecified atom stereocenters. The summed E-state index contributed by atoms with van der Waals surface area (Å²) in [5.41, 5.74) is 5.09. The molecule has 0 bridgehead atoms. The van der Waals surface area contributed by atoms with E-state index in [0.29, 0.717) is 6.54 Å². The Kier molecular flexibility index (Phi) is 4.04. The zero-order chi connectivity index (χ0) is 17.2. The van der Waals surface area contributed by atoms with Gasteiger partial charge in [0.15, 0.2) is 0 Å². The van der Waals surface area contributed by atoms with Crippen LogP contribution < -0.4 is 0 Å². The molecular weight excluding hydrogens is 310 g/mol. The molecule has 0 aliphatic rings. The number of hydrogen-bond donors (Lipinski definition) is 1. The van der Waals surface area contributed by atoms with Gasteiger partial charge in [0, 0.05) is 28.4 Å². The van der Waals surface area contributed by atoms with Crippen LogP contribution in [0.5, 0.6) is 0 Å². The summed E-state index contributed by atoms with van der Waals surface area (Å²) in [6.45, 7) is 2.74. The van der Waals surface area contributed by atoms with Crippen molar-refractivity contribution < 1.29 is 5.11 Å². The minimum Gasteiger partial charge on any atom is -0.395 e. The van der Waals surface area contributed by atoms with Crippen LogP contribution in [0.4, 0.5) is 11.4 Å². The van der Waals surface area contributed by atoms with Crippen molar-refractivity contribution in [1.82, 2.24) is 4.57 Å². The van der Waals surface area contributed by atoms with Gasteiger partial charge >= 0.3 is 0 Å². The molecule has 3 aromatic carbocycles. The van der Waals surface area contributed by atoms with E-state index in [-0.39, 0.29) is 6.61 Å². The Morgan fingerprint density at radius 1 is 0.800 bits per heavy atom. The van der Waals surface area contributed by atoms with Crippen molar-refractivity contribution in [1.29, 1.82) is 0 Å². The van der Waals surface area contributed by atoms with Crippen molar-refractivity contribution in [3.63, 3.8) is 0 Å². The Labute approximate surface area is 146 Å². The second-order valence-corrected chi connectivity index (χ2v) is 6.13. The largest absolute Gasteiger partial charge is 0.395 e. The SMILES string of the molecule is Cc1ccc(/N=N\c2ccc3c(c2)c2ccccc2n3CCO)cc1. The third-order valence-corrected chi connectivity index (χ3v) is 4.39. The van der Waals surface area contributed by atoms with Crippen LogP contribution in [0.1, 0.15) is 5.56 Å². The van der Waals surface area contributed by atoms with Crippen molar-refractivity contribution in [2.75, 3.05) is 6.61 Å². The van der Waals surface area contributed by atoms with Gasteiger partial charge in [0.2, 0.25) is 0 Å².